The van der Waals surface area contributed by atoms with Gasteiger partial charge in [-0.1, -0.05) is 44.2 Å². The number of nitrogens with one attached hydrogen (secondary N) is 1. The third-order valence-electron chi connectivity index (χ3n) is 7.48. The first kappa shape index (κ1) is 26.7. The van der Waals surface area contributed by atoms with E-state index in [0.717, 1.165) is 5.56 Å². The highest BCUT2D eigenvalue weighted by Crippen LogP contribution is 2.38. The van der Waals surface area contributed by atoms with Crippen LogP contribution in [0.2, 0.25) is 0 Å². The molecule has 2 atom stereocenters. The Morgan fingerprint density at radius 3 is 2.35 bits per heavy atom. The number of hydrogen-bond donors (Lipinski definition) is 1. The Kier molecular flexibility index (Phi) is 8.19. The molecular formula is C28H38N4O5. The minimum Gasteiger partial charge on any atom is -0.466 e. The summed E-state index contributed by atoms with van der Waals surface area (Å²) in [7, 11) is 0. The lowest BCUT2D eigenvalue weighted by Crippen LogP contribution is -2.52. The summed E-state index contributed by atoms with van der Waals surface area (Å²) >= 11 is 0. The third-order valence-corrected chi connectivity index (χ3v) is 7.48. The topological polar surface area (TPSA) is 99.3 Å². The normalized spacial score (nSPS) is 21.3. The van der Waals surface area contributed by atoms with Gasteiger partial charge in [-0.25, -0.2) is 4.79 Å². The van der Waals surface area contributed by atoms with E-state index in [0.29, 0.717) is 56.8 Å². The van der Waals surface area contributed by atoms with Crippen molar-refractivity contribution >= 4 is 23.8 Å². The van der Waals surface area contributed by atoms with Gasteiger partial charge >= 0.3 is 12.0 Å². The molecule has 3 heterocycles. The Balaban J connectivity index is 1.58. The molecule has 4 rings (SSSR count). The molecule has 9 nitrogen and oxygen atoms in total. The number of amides is 4. The Bertz CT molecular complexity index is 1060. The highest BCUT2D eigenvalue weighted by Gasteiger charge is 2.47. The van der Waals surface area contributed by atoms with Crippen molar-refractivity contribution in [3.63, 3.8) is 0 Å². The Labute approximate surface area is 218 Å². The zero-order valence-corrected chi connectivity index (χ0v) is 22.2. The largest absolute Gasteiger partial charge is 0.466 e. The van der Waals surface area contributed by atoms with Crippen LogP contribution in [0.4, 0.5) is 4.79 Å². The van der Waals surface area contributed by atoms with Gasteiger partial charge in [0.15, 0.2) is 0 Å². The number of hydrogen-bond acceptors (Lipinski definition) is 5. The molecule has 0 bridgehead atoms. The van der Waals surface area contributed by atoms with Crippen LogP contribution in [0.15, 0.2) is 41.6 Å². The van der Waals surface area contributed by atoms with Crippen LogP contribution in [-0.2, 0) is 19.1 Å². The number of piperidine rings is 1. The predicted octanol–water partition coefficient (Wildman–Crippen LogP) is 3.09. The van der Waals surface area contributed by atoms with Crippen LogP contribution in [0.1, 0.15) is 58.6 Å². The van der Waals surface area contributed by atoms with Gasteiger partial charge in [-0.05, 0) is 44.6 Å². The second kappa shape index (κ2) is 11.4. The molecule has 1 N–H and O–H groups in total. The van der Waals surface area contributed by atoms with Gasteiger partial charge in [0.25, 0.3) is 5.91 Å². The highest BCUT2D eigenvalue weighted by molar-refractivity contribution is 6.03. The average molecular weight is 511 g/mol. The smallest absolute Gasteiger partial charge is 0.322 e. The van der Waals surface area contributed by atoms with Crippen LogP contribution in [0.25, 0.3) is 0 Å². The van der Waals surface area contributed by atoms with E-state index in [1.165, 1.54) is 0 Å². The first-order valence-electron chi connectivity index (χ1n) is 13.4. The van der Waals surface area contributed by atoms with Crippen LogP contribution in [0.3, 0.4) is 0 Å². The fourth-order valence-electron chi connectivity index (χ4n) is 5.61. The summed E-state index contributed by atoms with van der Waals surface area (Å²) in [6, 6.07) is 8.04. The van der Waals surface area contributed by atoms with Gasteiger partial charge in [-0.3, -0.25) is 19.3 Å². The summed E-state index contributed by atoms with van der Waals surface area (Å²) in [4.78, 5) is 58.0. The number of likely N-dealkylation sites (tertiary alicyclic amines) is 1. The molecule has 0 saturated carbocycles. The zero-order valence-electron chi connectivity index (χ0n) is 22.2. The highest BCUT2D eigenvalue weighted by atomic mass is 16.5. The summed E-state index contributed by atoms with van der Waals surface area (Å²) in [5.74, 6) is -0.519. The molecule has 3 aliphatic rings. The van der Waals surface area contributed by atoms with Crippen molar-refractivity contribution in [2.24, 2.45) is 11.8 Å². The van der Waals surface area contributed by atoms with Crippen molar-refractivity contribution < 1.29 is 23.9 Å². The number of benzene rings is 1. The van der Waals surface area contributed by atoms with Crippen LogP contribution >= 0.6 is 0 Å². The number of nitrogens with zero attached hydrogens (tertiary/aromatic N) is 3. The number of likely N-dealkylation sites (N-methyl/N-ethyl adjacent to an activating group) is 1. The van der Waals surface area contributed by atoms with Gasteiger partial charge in [-0.2, -0.15) is 0 Å². The molecule has 0 spiro atoms. The molecule has 9 heteroatoms. The van der Waals surface area contributed by atoms with E-state index >= 15 is 0 Å². The van der Waals surface area contributed by atoms with Crippen molar-refractivity contribution in [2.75, 3.05) is 32.8 Å². The first-order chi connectivity index (χ1) is 17.8. The molecule has 0 aromatic heterocycles. The molecule has 0 aliphatic carbocycles. The van der Waals surface area contributed by atoms with Gasteiger partial charge < -0.3 is 19.9 Å². The molecule has 1 aromatic rings. The second-order valence-corrected chi connectivity index (χ2v) is 10.3. The molecule has 1 saturated heterocycles. The van der Waals surface area contributed by atoms with E-state index < -0.39 is 12.1 Å². The molecule has 4 amide bonds. The minimum absolute atomic E-state index is 0.0946. The van der Waals surface area contributed by atoms with Crippen molar-refractivity contribution in [2.45, 2.75) is 59.0 Å². The maximum absolute atomic E-state index is 14.0. The first-order valence-corrected chi connectivity index (χ1v) is 13.4. The van der Waals surface area contributed by atoms with Crippen LogP contribution < -0.4 is 5.32 Å². The summed E-state index contributed by atoms with van der Waals surface area (Å²) < 4.78 is 5.16. The van der Waals surface area contributed by atoms with E-state index in [1.54, 1.807) is 21.6 Å². The summed E-state index contributed by atoms with van der Waals surface area (Å²) in [6.45, 7) is 9.66. The molecule has 1 fully saturated rings. The molecule has 200 valence electrons. The van der Waals surface area contributed by atoms with Crippen molar-refractivity contribution in [3.8, 4) is 0 Å². The second-order valence-electron chi connectivity index (χ2n) is 10.3. The van der Waals surface area contributed by atoms with Crippen LogP contribution in [0.5, 0.6) is 0 Å². The Hall–Kier alpha value is -3.36. The molecule has 37 heavy (non-hydrogen) atoms. The number of ether oxygens (including phenoxy) is 1. The van der Waals surface area contributed by atoms with E-state index in [-0.39, 0.29) is 42.2 Å². The van der Waals surface area contributed by atoms with Gasteiger partial charge in [0.1, 0.15) is 6.04 Å². The monoisotopic (exact) mass is 510 g/mol. The number of urea groups is 1. The lowest BCUT2D eigenvalue weighted by atomic mass is 9.94. The predicted molar refractivity (Wildman–Crippen MR) is 138 cm³/mol. The molecule has 1 aromatic carbocycles. The van der Waals surface area contributed by atoms with Crippen molar-refractivity contribution in [1.29, 1.82) is 0 Å². The maximum Gasteiger partial charge on any atom is 0.322 e. The van der Waals surface area contributed by atoms with Gasteiger partial charge in [0, 0.05) is 19.6 Å². The van der Waals surface area contributed by atoms with Crippen molar-refractivity contribution in [1.82, 2.24) is 20.0 Å². The summed E-state index contributed by atoms with van der Waals surface area (Å²) in [5, 5.41) is 3.00. The van der Waals surface area contributed by atoms with E-state index in [4.69, 9.17) is 4.74 Å². The third kappa shape index (κ3) is 5.36. The molecule has 3 aliphatic heterocycles. The number of carbonyl (C=O) groups excluding carboxylic acids is 4. The maximum atomic E-state index is 14.0. The Morgan fingerprint density at radius 1 is 1.08 bits per heavy atom. The fourth-order valence-corrected chi connectivity index (χ4v) is 5.61. The minimum atomic E-state index is -0.637. The summed E-state index contributed by atoms with van der Waals surface area (Å²) in [6.07, 6.45) is 1.63. The lowest BCUT2D eigenvalue weighted by Gasteiger charge is -2.37. The quantitative estimate of drug-likeness (QED) is 0.542. The van der Waals surface area contributed by atoms with E-state index in [1.807, 2.05) is 51.1 Å². The molecule has 2 unspecified atom stereocenters. The van der Waals surface area contributed by atoms with Gasteiger partial charge in [0.05, 0.1) is 36.4 Å². The zero-order chi connectivity index (χ0) is 26.7. The van der Waals surface area contributed by atoms with Crippen LogP contribution in [-0.4, -0.2) is 77.3 Å². The fraction of sp³-hybridized carbons (Fsp3) is 0.571. The number of rotatable bonds is 8. The molecular weight excluding hydrogens is 472 g/mol. The average Bonchev–Trinajstić information content (AvgIpc) is 3.23. The van der Waals surface area contributed by atoms with Crippen LogP contribution in [0, 0.1) is 11.8 Å². The standard InChI is InChI=1S/C28H38N4O5/c1-5-31-22-17-32(26(34)23(22)24(29-28(31)36)19-10-8-7-9-11-19)21(16-18(3)4)25(33)30-14-12-20(13-15-30)27(35)37-6-2/h7-11,18,20-21,24H,5-6,12-17H2,1-4H3,(H,29,36). The Morgan fingerprint density at radius 2 is 1.76 bits per heavy atom. The summed E-state index contributed by atoms with van der Waals surface area (Å²) in [5.41, 5.74) is 2.05. The van der Waals surface area contributed by atoms with Gasteiger partial charge in [-0.15, -0.1) is 0 Å². The van der Waals surface area contributed by atoms with Gasteiger partial charge in [0.2, 0.25) is 5.91 Å². The number of esters is 1. The number of carbonyl (C=O) groups is 4. The van der Waals surface area contributed by atoms with Crippen molar-refractivity contribution in [3.05, 3.63) is 47.2 Å². The van der Waals surface area contributed by atoms with E-state index in [2.05, 4.69) is 5.32 Å². The SMILES string of the molecule is CCOC(=O)C1CCN(C(=O)C(CC(C)C)N2CC3=C(C2=O)C(c2ccccc2)NC(=O)N3CC)CC1. The van der Waals surface area contributed by atoms with E-state index in [9.17, 15) is 19.2 Å². The lowest BCUT2D eigenvalue weighted by molar-refractivity contribution is -0.152. The molecule has 0 radical (unpaired) electrons.